The zero-order chi connectivity index (χ0) is 26.9. The summed E-state index contributed by atoms with van der Waals surface area (Å²) in [7, 11) is -4.03. The van der Waals surface area contributed by atoms with E-state index in [-0.39, 0.29) is 33.8 Å². The average molecular weight is 530 g/mol. The van der Waals surface area contributed by atoms with E-state index in [1.165, 1.54) is 48.8 Å². The molecule has 5 rings (SSSR count). The Morgan fingerprint density at radius 3 is 2.21 bits per heavy atom. The van der Waals surface area contributed by atoms with Gasteiger partial charge in [0.15, 0.2) is 9.84 Å². The van der Waals surface area contributed by atoms with Gasteiger partial charge in [-0.2, -0.15) is 0 Å². The van der Waals surface area contributed by atoms with E-state index in [1.807, 2.05) is 0 Å². The van der Waals surface area contributed by atoms with Gasteiger partial charge in [-0.05, 0) is 66.2 Å². The summed E-state index contributed by atoms with van der Waals surface area (Å²) in [6.07, 6.45) is 2.88. The monoisotopic (exact) mass is 529 g/mol. The number of hydrogen-bond acceptors (Lipinski definition) is 6. The minimum atomic E-state index is -4.03. The molecule has 1 unspecified atom stereocenters. The molecule has 190 valence electrons. The Kier molecular flexibility index (Phi) is 6.56. The van der Waals surface area contributed by atoms with Gasteiger partial charge in [-0.3, -0.25) is 19.4 Å². The quantitative estimate of drug-likeness (QED) is 0.286. The molecule has 0 saturated carbocycles. The maximum absolute atomic E-state index is 13.4. The van der Waals surface area contributed by atoms with Crippen molar-refractivity contribution in [3.8, 4) is 0 Å². The third-order valence-corrected chi connectivity index (χ3v) is 8.30. The first-order valence-corrected chi connectivity index (χ1v) is 13.1. The molecule has 1 aromatic heterocycles. The zero-order valence-corrected chi connectivity index (χ0v) is 20.6. The fraction of sp³-hybridized carbons (Fsp3) is 0.0714. The number of rotatable bonds is 7. The first kappa shape index (κ1) is 25.0. The van der Waals surface area contributed by atoms with Crippen molar-refractivity contribution in [2.45, 2.75) is 10.1 Å². The second-order valence-electron chi connectivity index (χ2n) is 8.53. The van der Waals surface area contributed by atoms with Crippen molar-refractivity contribution in [3.05, 3.63) is 125 Å². The molecule has 0 radical (unpaired) electrons. The molecule has 0 aliphatic carbocycles. The van der Waals surface area contributed by atoms with Crippen LogP contribution < -0.4 is 10.2 Å². The van der Waals surface area contributed by atoms with Gasteiger partial charge in [0.2, 0.25) is 0 Å². The Morgan fingerprint density at radius 2 is 1.58 bits per heavy atom. The highest BCUT2D eigenvalue weighted by Gasteiger charge is 2.36. The van der Waals surface area contributed by atoms with Crippen LogP contribution >= 0.6 is 0 Å². The number of imide groups is 1. The molecule has 0 spiro atoms. The maximum Gasteiger partial charge on any atom is 0.266 e. The van der Waals surface area contributed by atoms with Gasteiger partial charge in [-0.15, -0.1) is 0 Å². The van der Waals surface area contributed by atoms with Gasteiger partial charge in [0.25, 0.3) is 17.7 Å². The number of fused-ring (bicyclic) bond motifs is 1. The lowest BCUT2D eigenvalue weighted by Crippen LogP contribution is -2.33. The molecule has 1 atom stereocenters. The van der Waals surface area contributed by atoms with Gasteiger partial charge >= 0.3 is 0 Å². The molecule has 1 N–H and O–H groups in total. The highest BCUT2D eigenvalue weighted by molar-refractivity contribution is 7.91. The summed E-state index contributed by atoms with van der Waals surface area (Å²) in [4.78, 5) is 43.6. The maximum atomic E-state index is 13.4. The summed E-state index contributed by atoms with van der Waals surface area (Å²) in [5, 5.41) is 1.43. The molecule has 10 heteroatoms. The fourth-order valence-corrected chi connectivity index (χ4v) is 5.90. The molecule has 8 nitrogen and oxygen atoms in total. The van der Waals surface area contributed by atoms with Crippen LogP contribution in [-0.2, 0) is 9.84 Å². The first-order chi connectivity index (χ1) is 18.3. The van der Waals surface area contributed by atoms with Crippen LogP contribution in [0, 0.1) is 5.82 Å². The average Bonchev–Trinajstić information content (AvgIpc) is 3.19. The highest BCUT2D eigenvalue weighted by atomic mass is 32.2. The predicted octanol–water partition coefficient (Wildman–Crippen LogP) is 3.97. The number of carbonyl (C=O) groups excluding carboxylic acids is 3. The molecule has 0 saturated heterocycles. The Hall–Kier alpha value is -4.70. The van der Waals surface area contributed by atoms with Crippen LogP contribution in [0.3, 0.4) is 0 Å². The second kappa shape index (κ2) is 9.98. The number of aromatic nitrogens is 1. The molecular formula is C28H20FN3O5S. The van der Waals surface area contributed by atoms with Gasteiger partial charge in [0.1, 0.15) is 11.1 Å². The van der Waals surface area contributed by atoms with Crippen molar-refractivity contribution in [1.82, 2.24) is 10.3 Å². The molecule has 1 aliphatic rings. The first-order valence-electron chi connectivity index (χ1n) is 11.5. The van der Waals surface area contributed by atoms with E-state index >= 15 is 0 Å². The predicted molar refractivity (Wildman–Crippen MR) is 137 cm³/mol. The summed E-state index contributed by atoms with van der Waals surface area (Å²) in [5.74, 6) is -2.17. The van der Waals surface area contributed by atoms with Crippen LogP contribution in [-0.4, -0.2) is 37.7 Å². The molecule has 0 bridgehead atoms. The van der Waals surface area contributed by atoms with E-state index < -0.39 is 38.6 Å². The number of halogens is 1. The number of sulfone groups is 1. The lowest BCUT2D eigenvalue weighted by molar-refractivity contribution is 0.0919. The van der Waals surface area contributed by atoms with E-state index in [4.69, 9.17) is 0 Å². The molecule has 2 heterocycles. The normalized spacial score (nSPS) is 13.8. The van der Waals surface area contributed by atoms with Crippen LogP contribution in [0.5, 0.6) is 0 Å². The van der Waals surface area contributed by atoms with Crippen molar-refractivity contribution >= 4 is 33.2 Å². The smallest absolute Gasteiger partial charge is 0.266 e. The van der Waals surface area contributed by atoms with Crippen LogP contribution in [0.2, 0.25) is 0 Å². The molecule has 0 fully saturated rings. The molecule has 38 heavy (non-hydrogen) atoms. The SMILES string of the molecule is O=C(NCC(c1cccnc1)S(=O)(=O)c1ccc(F)cc1)c1cccc(N2C(=O)c3ccccc3C2=O)c1. The lowest BCUT2D eigenvalue weighted by atomic mass is 10.1. The van der Waals surface area contributed by atoms with Crippen molar-refractivity contribution in [3.63, 3.8) is 0 Å². The van der Waals surface area contributed by atoms with Crippen molar-refractivity contribution in [2.24, 2.45) is 0 Å². The Labute approximate surface area is 217 Å². The fourth-order valence-electron chi connectivity index (χ4n) is 4.26. The minimum absolute atomic E-state index is 0.102. The van der Waals surface area contributed by atoms with Crippen LogP contribution in [0.25, 0.3) is 0 Å². The van der Waals surface area contributed by atoms with Crippen LogP contribution in [0.1, 0.15) is 41.9 Å². The minimum Gasteiger partial charge on any atom is -0.350 e. The molecule has 4 aromatic rings. The third kappa shape index (κ3) is 4.57. The van der Waals surface area contributed by atoms with Gasteiger partial charge in [-0.1, -0.05) is 24.3 Å². The van der Waals surface area contributed by atoms with Crippen LogP contribution in [0.4, 0.5) is 10.1 Å². The number of benzene rings is 3. The van der Waals surface area contributed by atoms with E-state index in [9.17, 15) is 27.2 Å². The number of pyridine rings is 1. The number of nitrogens with one attached hydrogen (secondary N) is 1. The van der Waals surface area contributed by atoms with Gasteiger partial charge < -0.3 is 5.32 Å². The summed E-state index contributed by atoms with van der Waals surface area (Å²) in [6, 6.07) is 20.0. The number of carbonyl (C=O) groups is 3. The highest BCUT2D eigenvalue weighted by Crippen LogP contribution is 2.30. The van der Waals surface area contributed by atoms with Crippen molar-refractivity contribution in [1.29, 1.82) is 0 Å². The molecule has 3 aromatic carbocycles. The van der Waals surface area contributed by atoms with Crippen molar-refractivity contribution < 1.29 is 27.2 Å². The second-order valence-corrected chi connectivity index (χ2v) is 10.7. The lowest BCUT2D eigenvalue weighted by Gasteiger charge is -2.19. The van der Waals surface area contributed by atoms with Crippen LogP contribution in [0.15, 0.2) is 102 Å². The number of nitrogens with zero attached hydrogens (tertiary/aromatic N) is 2. The van der Waals surface area contributed by atoms with Gasteiger partial charge in [0, 0.05) is 24.5 Å². The summed E-state index contributed by atoms with van der Waals surface area (Å²) < 4.78 is 40.2. The van der Waals surface area contributed by atoms with E-state index in [0.717, 1.165) is 17.0 Å². The third-order valence-electron chi connectivity index (χ3n) is 6.18. The molecule has 3 amide bonds. The van der Waals surface area contributed by atoms with Gasteiger partial charge in [0.05, 0.1) is 21.7 Å². The summed E-state index contributed by atoms with van der Waals surface area (Å²) >= 11 is 0. The van der Waals surface area contributed by atoms with E-state index in [1.54, 1.807) is 36.4 Å². The number of anilines is 1. The van der Waals surface area contributed by atoms with Crippen molar-refractivity contribution in [2.75, 3.05) is 11.4 Å². The zero-order valence-electron chi connectivity index (χ0n) is 19.7. The number of hydrogen-bond donors (Lipinski definition) is 1. The Balaban J connectivity index is 1.39. The Morgan fingerprint density at radius 1 is 0.895 bits per heavy atom. The topological polar surface area (TPSA) is 114 Å². The largest absolute Gasteiger partial charge is 0.350 e. The van der Waals surface area contributed by atoms with Gasteiger partial charge in [-0.25, -0.2) is 17.7 Å². The molecular weight excluding hydrogens is 509 g/mol. The van der Waals surface area contributed by atoms with E-state index in [0.29, 0.717) is 5.56 Å². The molecule has 1 aliphatic heterocycles. The standard InChI is InChI=1S/C28H20FN3O5S/c29-20-10-12-22(13-11-20)38(36,37)25(19-6-4-14-30-16-19)17-31-26(33)18-5-3-7-21(15-18)32-27(34)23-8-1-2-9-24(23)28(32)35/h1-16,25H,17H2,(H,31,33). The summed E-state index contributed by atoms with van der Waals surface area (Å²) in [5.41, 5.74) is 1.24. The summed E-state index contributed by atoms with van der Waals surface area (Å²) in [6.45, 7) is -0.304. The number of amides is 3. The van der Waals surface area contributed by atoms with E-state index in [2.05, 4.69) is 10.3 Å². The Bertz CT molecular complexity index is 1620.